The number of hydrogen-bond donors (Lipinski definition) is 3. The molecule has 0 bridgehead atoms. The molecule has 0 radical (unpaired) electrons. The molecule has 3 N–H and O–H groups in total. The summed E-state index contributed by atoms with van der Waals surface area (Å²) in [5.74, 6) is 1.06. The highest BCUT2D eigenvalue weighted by Crippen LogP contribution is 2.25. The molecule has 0 spiro atoms. The molecule has 10 heteroatoms. The van der Waals surface area contributed by atoms with E-state index in [1.54, 1.807) is 18.2 Å². The first kappa shape index (κ1) is 23.1. The van der Waals surface area contributed by atoms with Crippen molar-refractivity contribution >= 4 is 44.0 Å². The van der Waals surface area contributed by atoms with Gasteiger partial charge < -0.3 is 25.4 Å². The number of anilines is 4. The van der Waals surface area contributed by atoms with Crippen molar-refractivity contribution in [1.82, 2.24) is 19.9 Å². The van der Waals surface area contributed by atoms with E-state index in [1.165, 1.54) is 11.9 Å². The summed E-state index contributed by atoms with van der Waals surface area (Å²) in [6.07, 6.45) is 3.03. The van der Waals surface area contributed by atoms with E-state index in [1.807, 2.05) is 30.5 Å². The third-order valence-corrected chi connectivity index (χ3v) is 7.41. The lowest BCUT2D eigenvalue weighted by Crippen LogP contribution is -2.44. The molecule has 4 aromatic rings. The van der Waals surface area contributed by atoms with Crippen LogP contribution in [0.3, 0.4) is 0 Å². The third kappa shape index (κ3) is 5.23. The zero-order chi connectivity index (χ0) is 24.4. The number of benzene rings is 2. The molecule has 0 saturated carbocycles. The summed E-state index contributed by atoms with van der Waals surface area (Å²) in [6, 6.07) is 17.2. The fourth-order valence-corrected chi connectivity index (χ4v) is 5.21. The fourth-order valence-electron chi connectivity index (χ4n) is 4.27. The highest BCUT2D eigenvalue weighted by Gasteiger charge is 2.16. The summed E-state index contributed by atoms with van der Waals surface area (Å²) in [4.78, 5) is 17.5. The van der Waals surface area contributed by atoms with Gasteiger partial charge in [-0.3, -0.25) is 0 Å². The molecule has 182 valence electrons. The molecule has 1 aliphatic heterocycles. The van der Waals surface area contributed by atoms with Crippen molar-refractivity contribution in [2.75, 3.05) is 55.0 Å². The SMILES string of the molecule is CN1CCN(c2ccc(Nc3nc(NCc4ccccc4S(C)(=O)=O)c4[nH]ccc4n3)cc2)CC1. The Labute approximate surface area is 205 Å². The summed E-state index contributed by atoms with van der Waals surface area (Å²) < 4.78 is 24.3. The van der Waals surface area contributed by atoms with Crippen LogP contribution in [0.15, 0.2) is 65.7 Å². The molecule has 0 unspecified atom stereocenters. The molecule has 0 aliphatic carbocycles. The Kier molecular flexibility index (Phi) is 6.31. The number of fused-ring (bicyclic) bond motifs is 1. The van der Waals surface area contributed by atoms with Crippen molar-refractivity contribution in [3.63, 3.8) is 0 Å². The standard InChI is InChI=1S/C25H29N7O2S/c1-31-13-15-32(16-14-31)20-9-7-19(8-10-20)28-25-29-21-11-12-26-23(21)24(30-25)27-17-18-5-3-4-6-22(18)35(2,33)34/h3-12,26H,13-17H2,1-2H3,(H2,27,28,29,30). The normalized spacial score (nSPS) is 14.9. The molecule has 2 aromatic heterocycles. The summed E-state index contributed by atoms with van der Waals surface area (Å²) in [5.41, 5.74) is 4.30. The van der Waals surface area contributed by atoms with Gasteiger partial charge >= 0.3 is 0 Å². The lowest BCUT2D eigenvalue weighted by Gasteiger charge is -2.34. The van der Waals surface area contributed by atoms with Crippen LogP contribution < -0.4 is 15.5 Å². The van der Waals surface area contributed by atoms with Crippen LogP contribution in [0.1, 0.15) is 5.56 Å². The van der Waals surface area contributed by atoms with E-state index < -0.39 is 9.84 Å². The van der Waals surface area contributed by atoms with Crippen LogP contribution in [-0.4, -0.2) is 67.8 Å². The first-order valence-corrected chi connectivity index (χ1v) is 13.4. The van der Waals surface area contributed by atoms with Crippen molar-refractivity contribution in [3.8, 4) is 0 Å². The second-order valence-electron chi connectivity index (χ2n) is 8.83. The van der Waals surface area contributed by atoms with Gasteiger partial charge in [0.2, 0.25) is 5.95 Å². The Bertz CT molecular complexity index is 1430. The van der Waals surface area contributed by atoms with Crippen molar-refractivity contribution in [2.24, 2.45) is 0 Å². The average Bonchev–Trinajstić information content (AvgIpc) is 3.32. The lowest BCUT2D eigenvalue weighted by atomic mass is 10.2. The molecule has 35 heavy (non-hydrogen) atoms. The highest BCUT2D eigenvalue weighted by atomic mass is 32.2. The van der Waals surface area contributed by atoms with E-state index in [0.717, 1.165) is 42.9 Å². The van der Waals surface area contributed by atoms with Gasteiger partial charge in [-0.2, -0.15) is 4.98 Å². The number of likely N-dealkylation sites (N-methyl/N-ethyl adjacent to an activating group) is 1. The van der Waals surface area contributed by atoms with E-state index >= 15 is 0 Å². The number of aromatic amines is 1. The third-order valence-electron chi connectivity index (χ3n) is 6.22. The molecular weight excluding hydrogens is 462 g/mol. The topological polar surface area (TPSA) is 106 Å². The van der Waals surface area contributed by atoms with Crippen LogP contribution in [0.2, 0.25) is 0 Å². The quantitative estimate of drug-likeness (QED) is 0.361. The second kappa shape index (κ2) is 9.55. The summed E-state index contributed by atoms with van der Waals surface area (Å²) in [6.45, 7) is 4.49. The minimum Gasteiger partial charge on any atom is -0.369 e. The Morgan fingerprint density at radius 2 is 1.71 bits per heavy atom. The smallest absolute Gasteiger partial charge is 0.229 e. The van der Waals surface area contributed by atoms with Gasteiger partial charge in [-0.1, -0.05) is 18.2 Å². The number of piperazine rings is 1. The van der Waals surface area contributed by atoms with Crippen LogP contribution >= 0.6 is 0 Å². The summed E-state index contributed by atoms with van der Waals surface area (Å²) in [7, 11) is -1.18. The highest BCUT2D eigenvalue weighted by molar-refractivity contribution is 7.90. The number of hydrogen-bond acceptors (Lipinski definition) is 8. The van der Waals surface area contributed by atoms with Gasteiger partial charge in [0.25, 0.3) is 0 Å². The zero-order valence-electron chi connectivity index (χ0n) is 19.8. The summed E-state index contributed by atoms with van der Waals surface area (Å²) in [5, 5.41) is 6.59. The number of rotatable bonds is 7. The molecule has 0 amide bonds. The number of nitrogens with one attached hydrogen (secondary N) is 3. The molecule has 1 fully saturated rings. The van der Waals surface area contributed by atoms with E-state index in [-0.39, 0.29) is 0 Å². The Morgan fingerprint density at radius 1 is 0.971 bits per heavy atom. The van der Waals surface area contributed by atoms with Gasteiger partial charge in [-0.15, -0.1) is 0 Å². The lowest BCUT2D eigenvalue weighted by molar-refractivity contribution is 0.313. The molecule has 1 saturated heterocycles. The Balaban J connectivity index is 1.34. The number of aromatic nitrogens is 3. The van der Waals surface area contributed by atoms with Crippen LogP contribution in [0, 0.1) is 0 Å². The molecule has 2 aromatic carbocycles. The van der Waals surface area contributed by atoms with E-state index in [2.05, 4.69) is 54.6 Å². The van der Waals surface area contributed by atoms with E-state index in [9.17, 15) is 8.42 Å². The van der Waals surface area contributed by atoms with Gasteiger partial charge in [0, 0.05) is 56.6 Å². The second-order valence-corrected chi connectivity index (χ2v) is 10.8. The monoisotopic (exact) mass is 491 g/mol. The fraction of sp³-hybridized carbons (Fsp3) is 0.280. The van der Waals surface area contributed by atoms with Crippen LogP contribution in [0.5, 0.6) is 0 Å². The average molecular weight is 492 g/mol. The predicted octanol–water partition coefficient (Wildman–Crippen LogP) is 3.47. The van der Waals surface area contributed by atoms with Crippen molar-refractivity contribution in [3.05, 3.63) is 66.4 Å². The molecule has 5 rings (SSSR count). The summed E-state index contributed by atoms with van der Waals surface area (Å²) >= 11 is 0. The minimum atomic E-state index is -3.33. The van der Waals surface area contributed by atoms with Gasteiger partial charge in [0.05, 0.1) is 10.4 Å². The van der Waals surface area contributed by atoms with Crippen molar-refractivity contribution in [1.29, 1.82) is 0 Å². The number of sulfone groups is 1. The Hall–Kier alpha value is -3.63. The number of H-pyrrole nitrogens is 1. The molecule has 1 aliphatic rings. The van der Waals surface area contributed by atoms with E-state index in [4.69, 9.17) is 0 Å². The van der Waals surface area contributed by atoms with Crippen molar-refractivity contribution in [2.45, 2.75) is 11.4 Å². The van der Waals surface area contributed by atoms with Crippen LogP contribution in [0.25, 0.3) is 11.0 Å². The first-order valence-electron chi connectivity index (χ1n) is 11.5. The maximum Gasteiger partial charge on any atom is 0.229 e. The largest absolute Gasteiger partial charge is 0.369 e. The van der Waals surface area contributed by atoms with Gasteiger partial charge in [-0.05, 0) is 49.0 Å². The van der Waals surface area contributed by atoms with Gasteiger partial charge in [-0.25, -0.2) is 13.4 Å². The zero-order valence-corrected chi connectivity index (χ0v) is 20.6. The molecule has 3 heterocycles. The van der Waals surface area contributed by atoms with E-state index in [0.29, 0.717) is 28.8 Å². The van der Waals surface area contributed by atoms with Gasteiger partial charge in [0.1, 0.15) is 5.52 Å². The maximum atomic E-state index is 12.2. The predicted molar refractivity (Wildman–Crippen MR) is 140 cm³/mol. The molecule has 9 nitrogen and oxygen atoms in total. The molecular formula is C25H29N7O2S. The van der Waals surface area contributed by atoms with Gasteiger partial charge in [0.15, 0.2) is 15.7 Å². The first-order chi connectivity index (χ1) is 16.9. The maximum absolute atomic E-state index is 12.2. The number of nitrogens with zero attached hydrogens (tertiary/aromatic N) is 4. The minimum absolute atomic E-state index is 0.308. The Morgan fingerprint density at radius 3 is 2.46 bits per heavy atom. The van der Waals surface area contributed by atoms with Crippen LogP contribution in [-0.2, 0) is 16.4 Å². The molecule has 0 atom stereocenters. The van der Waals surface area contributed by atoms with Crippen LogP contribution in [0.4, 0.5) is 23.1 Å². The van der Waals surface area contributed by atoms with Crippen molar-refractivity contribution < 1.29 is 8.42 Å².